The average molecular weight is 346 g/mol. The molecule has 0 saturated heterocycles. The maximum Gasteiger partial charge on any atom is 0.319 e. The number of nitrogens with two attached hydrogens (primary N) is 1. The lowest BCUT2D eigenvalue weighted by Gasteiger charge is -2.30. The van der Waals surface area contributed by atoms with Crippen LogP contribution in [0.15, 0.2) is 29.1 Å². The number of nitrogen functional groups attached to an aromatic ring is 1. The second-order valence-corrected chi connectivity index (χ2v) is 5.46. The van der Waals surface area contributed by atoms with Gasteiger partial charge in [0.15, 0.2) is 0 Å². The average Bonchev–Trinajstić information content (AvgIpc) is 2.54. The molecule has 0 radical (unpaired) electrons. The molecule has 1 aliphatic heterocycles. The summed E-state index contributed by atoms with van der Waals surface area (Å²) in [5.74, 6) is -4.41. The molecule has 0 bridgehead atoms. The van der Waals surface area contributed by atoms with Crippen LogP contribution in [0.1, 0.15) is 24.0 Å². The number of rotatable bonds is 3. The number of amides is 1. The van der Waals surface area contributed by atoms with Gasteiger partial charge in [0, 0.05) is 5.92 Å². The van der Waals surface area contributed by atoms with E-state index in [9.17, 15) is 18.8 Å². The molecule has 8 nitrogen and oxygen atoms in total. The highest BCUT2D eigenvalue weighted by Crippen LogP contribution is 2.38. The number of ether oxygens (including phenoxy) is 1. The Morgan fingerprint density at radius 3 is 2.64 bits per heavy atom. The van der Waals surface area contributed by atoms with Gasteiger partial charge in [-0.1, -0.05) is 12.1 Å². The van der Waals surface area contributed by atoms with Crippen LogP contribution in [0.25, 0.3) is 0 Å². The first-order chi connectivity index (χ1) is 11.9. The van der Waals surface area contributed by atoms with Crippen molar-refractivity contribution in [2.24, 2.45) is 5.92 Å². The summed E-state index contributed by atoms with van der Waals surface area (Å²) in [7, 11) is 0. The van der Waals surface area contributed by atoms with Crippen LogP contribution in [0.4, 0.5) is 16.2 Å². The first kappa shape index (κ1) is 16.6. The van der Waals surface area contributed by atoms with Crippen molar-refractivity contribution in [3.05, 3.63) is 51.6 Å². The van der Waals surface area contributed by atoms with Gasteiger partial charge in [-0.05, 0) is 24.6 Å². The molecule has 1 aromatic carbocycles. The molecule has 1 aromatic heterocycles. The Bertz CT molecular complexity index is 894. The Kier molecular flexibility index (Phi) is 4.22. The van der Waals surface area contributed by atoms with Crippen LogP contribution in [0.3, 0.4) is 0 Å². The van der Waals surface area contributed by atoms with E-state index in [1.807, 2.05) is 0 Å². The molecule has 3 rings (SSSR count). The number of hydrogen-bond donors (Lipinski definition) is 3. The Balaban J connectivity index is 2.22. The summed E-state index contributed by atoms with van der Waals surface area (Å²) >= 11 is 0. The number of carbonyl (C=O) groups is 2. The molecular weight excluding hydrogens is 331 g/mol. The van der Waals surface area contributed by atoms with Gasteiger partial charge in [0.1, 0.15) is 17.6 Å². The van der Waals surface area contributed by atoms with E-state index in [0.29, 0.717) is 5.56 Å². The number of aromatic nitrogens is 2. The number of benzene rings is 1. The molecule has 0 unspecified atom stereocenters. The number of esters is 1. The van der Waals surface area contributed by atoms with Crippen molar-refractivity contribution in [1.29, 1.82) is 0 Å². The van der Waals surface area contributed by atoms with E-state index in [-0.39, 0.29) is 23.9 Å². The minimum atomic E-state index is -1.30. The van der Waals surface area contributed by atoms with Gasteiger partial charge in [-0.2, -0.15) is 4.98 Å². The van der Waals surface area contributed by atoms with Gasteiger partial charge in [-0.3, -0.25) is 19.4 Å². The smallest absolute Gasteiger partial charge is 0.319 e. The monoisotopic (exact) mass is 346 g/mol. The molecule has 2 aromatic rings. The van der Waals surface area contributed by atoms with Gasteiger partial charge in [0.2, 0.25) is 11.9 Å². The molecule has 2 heterocycles. The summed E-state index contributed by atoms with van der Waals surface area (Å²) in [4.78, 5) is 43.5. The molecule has 0 fully saturated rings. The second kappa shape index (κ2) is 6.34. The van der Waals surface area contributed by atoms with E-state index in [2.05, 4.69) is 15.3 Å². The maximum absolute atomic E-state index is 13.3. The lowest BCUT2D eigenvalue weighted by molar-refractivity contribution is -0.151. The zero-order chi connectivity index (χ0) is 18.1. The summed E-state index contributed by atoms with van der Waals surface area (Å²) in [6, 6.07) is 5.18. The van der Waals surface area contributed by atoms with Crippen molar-refractivity contribution < 1.29 is 18.7 Å². The van der Waals surface area contributed by atoms with Crippen LogP contribution in [-0.4, -0.2) is 28.5 Å². The van der Waals surface area contributed by atoms with E-state index in [1.54, 1.807) is 6.92 Å². The minimum Gasteiger partial charge on any atom is -0.465 e. The van der Waals surface area contributed by atoms with Crippen LogP contribution < -0.4 is 16.6 Å². The number of halogens is 1. The van der Waals surface area contributed by atoms with E-state index in [0.717, 1.165) is 0 Å². The van der Waals surface area contributed by atoms with Gasteiger partial charge in [-0.25, -0.2) is 4.39 Å². The molecule has 1 aliphatic rings. The summed E-state index contributed by atoms with van der Waals surface area (Å²) in [5, 5.41) is 2.42. The summed E-state index contributed by atoms with van der Waals surface area (Å²) in [5.41, 5.74) is 5.40. The number of H-pyrrole nitrogens is 1. The fourth-order valence-electron chi connectivity index (χ4n) is 2.90. The van der Waals surface area contributed by atoms with E-state index in [4.69, 9.17) is 10.5 Å². The van der Waals surface area contributed by atoms with Crippen LogP contribution in [-0.2, 0) is 14.3 Å². The highest BCUT2D eigenvalue weighted by molar-refractivity contribution is 6.08. The van der Waals surface area contributed by atoms with E-state index >= 15 is 0 Å². The Labute approximate surface area is 141 Å². The molecular formula is C16H15FN4O4. The molecule has 2 atom stereocenters. The SMILES string of the molecule is CCOC(=O)[C@@H]1C(=O)Nc2nc(N)[nH]c(=O)c2[C@H]1c1ccc(F)cc1. The van der Waals surface area contributed by atoms with Crippen LogP contribution in [0.2, 0.25) is 0 Å². The fraction of sp³-hybridized carbons (Fsp3) is 0.250. The zero-order valence-electron chi connectivity index (χ0n) is 13.2. The predicted molar refractivity (Wildman–Crippen MR) is 86.3 cm³/mol. The van der Waals surface area contributed by atoms with E-state index in [1.165, 1.54) is 24.3 Å². The number of nitrogens with one attached hydrogen (secondary N) is 2. The lowest BCUT2D eigenvalue weighted by atomic mass is 9.78. The van der Waals surface area contributed by atoms with Crippen molar-refractivity contribution in [3.63, 3.8) is 0 Å². The first-order valence-corrected chi connectivity index (χ1v) is 7.55. The number of anilines is 2. The molecule has 130 valence electrons. The van der Waals surface area contributed by atoms with E-state index < -0.39 is 35.1 Å². The Morgan fingerprint density at radius 1 is 1.32 bits per heavy atom. The second-order valence-electron chi connectivity index (χ2n) is 5.46. The molecule has 9 heteroatoms. The third-order valence-electron chi connectivity index (χ3n) is 3.91. The number of hydrogen-bond acceptors (Lipinski definition) is 6. The van der Waals surface area contributed by atoms with Crippen LogP contribution >= 0.6 is 0 Å². The molecule has 0 saturated carbocycles. The van der Waals surface area contributed by atoms with Crippen molar-refractivity contribution in [1.82, 2.24) is 9.97 Å². The summed E-state index contributed by atoms with van der Waals surface area (Å²) < 4.78 is 18.2. The molecule has 0 spiro atoms. The normalized spacial score (nSPS) is 19.0. The molecule has 25 heavy (non-hydrogen) atoms. The standard InChI is InChI=1S/C16H15FN4O4/c1-2-25-15(24)11-9(7-3-5-8(17)6-4-7)10-12(19-14(11)23)20-16(18)21-13(10)22/h3-6,9,11H,2H2,1H3,(H4,18,19,20,21,22,23)/t9-,11+/m1/s1. The number of fused-ring (bicyclic) bond motifs is 1. The predicted octanol–water partition coefficient (Wildman–Crippen LogP) is 0.755. The van der Waals surface area contributed by atoms with Crippen LogP contribution in [0.5, 0.6) is 0 Å². The Hall–Kier alpha value is -3.23. The van der Waals surface area contributed by atoms with Gasteiger partial charge in [-0.15, -0.1) is 0 Å². The number of nitrogens with zero attached hydrogens (tertiary/aromatic N) is 1. The zero-order valence-corrected chi connectivity index (χ0v) is 13.2. The molecule has 0 aliphatic carbocycles. The third kappa shape index (κ3) is 2.95. The molecule has 1 amide bonds. The third-order valence-corrected chi connectivity index (χ3v) is 3.91. The quantitative estimate of drug-likeness (QED) is 0.556. The summed E-state index contributed by atoms with van der Waals surface area (Å²) in [6.07, 6.45) is 0. The lowest BCUT2D eigenvalue weighted by Crippen LogP contribution is -2.43. The van der Waals surface area contributed by atoms with Crippen LogP contribution in [0, 0.1) is 11.7 Å². The van der Waals surface area contributed by atoms with Crippen molar-refractivity contribution in [3.8, 4) is 0 Å². The number of carbonyl (C=O) groups excluding carboxylic acids is 2. The van der Waals surface area contributed by atoms with Crippen molar-refractivity contribution in [2.45, 2.75) is 12.8 Å². The minimum absolute atomic E-state index is 0.0267. The largest absolute Gasteiger partial charge is 0.465 e. The maximum atomic E-state index is 13.3. The Morgan fingerprint density at radius 2 is 2.00 bits per heavy atom. The van der Waals surface area contributed by atoms with Gasteiger partial charge in [0.25, 0.3) is 5.56 Å². The van der Waals surface area contributed by atoms with Gasteiger partial charge < -0.3 is 15.8 Å². The van der Waals surface area contributed by atoms with Gasteiger partial charge in [0.05, 0.1) is 12.2 Å². The highest BCUT2D eigenvalue weighted by Gasteiger charge is 2.45. The van der Waals surface area contributed by atoms with Gasteiger partial charge >= 0.3 is 5.97 Å². The number of aromatic amines is 1. The first-order valence-electron chi connectivity index (χ1n) is 7.55. The highest BCUT2D eigenvalue weighted by atomic mass is 19.1. The summed E-state index contributed by atoms with van der Waals surface area (Å²) in [6.45, 7) is 1.68. The molecule has 4 N–H and O–H groups in total. The topological polar surface area (TPSA) is 127 Å². The van der Waals surface area contributed by atoms with Crippen molar-refractivity contribution in [2.75, 3.05) is 17.7 Å². The fourth-order valence-corrected chi connectivity index (χ4v) is 2.90. The van der Waals surface area contributed by atoms with Crippen molar-refractivity contribution >= 4 is 23.6 Å².